The number of imide groups is 2. The van der Waals surface area contributed by atoms with Gasteiger partial charge in [0.25, 0.3) is 17.5 Å². The lowest BCUT2D eigenvalue weighted by Crippen LogP contribution is -2.60. The van der Waals surface area contributed by atoms with Crippen molar-refractivity contribution in [2.45, 2.75) is 28.5 Å². The number of fused-ring (bicyclic) bond motifs is 4. The Morgan fingerprint density at radius 1 is 1.07 bits per heavy atom. The fourth-order valence-electron chi connectivity index (χ4n) is 7.23. The van der Waals surface area contributed by atoms with Crippen molar-refractivity contribution < 1.29 is 38.7 Å². The molecule has 4 aliphatic rings. The van der Waals surface area contributed by atoms with Gasteiger partial charge in [-0.3, -0.25) is 34.2 Å². The average molecular weight is 709 g/mol. The predicted molar refractivity (Wildman–Crippen MR) is 160 cm³/mol. The van der Waals surface area contributed by atoms with Gasteiger partial charge in [0.15, 0.2) is 9.75 Å². The first-order valence-electron chi connectivity index (χ1n) is 13.4. The van der Waals surface area contributed by atoms with Crippen LogP contribution in [0, 0.1) is 27.9 Å². The van der Waals surface area contributed by atoms with Crippen molar-refractivity contribution >= 4 is 74.1 Å². The quantitative estimate of drug-likeness (QED) is 0.116. The zero-order chi connectivity index (χ0) is 31.9. The summed E-state index contributed by atoms with van der Waals surface area (Å²) in [5, 5.41) is 22.7. The first kappa shape index (κ1) is 30.4. The van der Waals surface area contributed by atoms with Gasteiger partial charge in [0.1, 0.15) is 17.2 Å². The van der Waals surface area contributed by atoms with E-state index in [0.29, 0.717) is 5.57 Å². The van der Waals surface area contributed by atoms with Crippen molar-refractivity contribution in [2.75, 3.05) is 24.6 Å². The highest BCUT2D eigenvalue weighted by atomic mass is 79.9. The van der Waals surface area contributed by atoms with Gasteiger partial charge in [-0.2, -0.15) is 0 Å². The van der Waals surface area contributed by atoms with E-state index in [0.717, 1.165) is 15.9 Å². The third-order valence-corrected chi connectivity index (χ3v) is 11.1. The van der Waals surface area contributed by atoms with Gasteiger partial charge in [-0.15, -0.1) is 23.2 Å². The van der Waals surface area contributed by atoms with Crippen LogP contribution < -0.4 is 14.4 Å². The number of nitrogens with zero attached hydrogens (tertiary/aromatic N) is 3. The van der Waals surface area contributed by atoms with Gasteiger partial charge in [-0.25, -0.2) is 4.90 Å². The summed E-state index contributed by atoms with van der Waals surface area (Å²) < 4.78 is 10.9. The molecule has 6 atom stereocenters. The average Bonchev–Trinajstić information content (AvgIpc) is 3.34. The van der Waals surface area contributed by atoms with E-state index in [4.69, 9.17) is 32.7 Å². The van der Waals surface area contributed by atoms with E-state index < -0.39 is 62.0 Å². The van der Waals surface area contributed by atoms with Crippen molar-refractivity contribution in [2.24, 2.45) is 17.8 Å². The highest BCUT2D eigenvalue weighted by Crippen LogP contribution is 2.67. The minimum absolute atomic E-state index is 0.0387. The molecule has 6 unspecified atom stereocenters. The highest BCUT2D eigenvalue weighted by molar-refractivity contribution is 9.09. The summed E-state index contributed by atoms with van der Waals surface area (Å²) in [6.45, 7) is 0. The molecular formula is C29H24BrCl2N3O9. The molecule has 1 N–H and O–H groups in total. The number of halogens is 3. The number of alkyl halides is 3. The summed E-state index contributed by atoms with van der Waals surface area (Å²) in [5.41, 5.74) is 0.0355. The zero-order valence-corrected chi connectivity index (χ0v) is 26.3. The number of aromatic hydroxyl groups is 1. The summed E-state index contributed by atoms with van der Waals surface area (Å²) in [4.78, 5) is 64.0. The lowest BCUT2D eigenvalue weighted by atomic mass is 9.56. The summed E-state index contributed by atoms with van der Waals surface area (Å²) in [7, 11) is 2.74. The number of hydrogen-bond acceptors (Lipinski definition) is 9. The molecule has 2 aromatic rings. The molecule has 2 aliphatic heterocycles. The maximum atomic E-state index is 14.1. The molecule has 0 bridgehead atoms. The number of phenolic OH excluding ortho intramolecular Hbond substituents is 1. The maximum absolute atomic E-state index is 14.1. The van der Waals surface area contributed by atoms with Crippen LogP contribution in [0.4, 0.5) is 11.4 Å². The Morgan fingerprint density at radius 3 is 2.43 bits per heavy atom. The Bertz CT molecular complexity index is 1700. The van der Waals surface area contributed by atoms with Crippen LogP contribution in [0.1, 0.15) is 24.3 Å². The van der Waals surface area contributed by atoms with Crippen molar-refractivity contribution in [3.63, 3.8) is 0 Å². The molecule has 6 rings (SSSR count). The monoisotopic (exact) mass is 707 g/mol. The molecule has 2 heterocycles. The molecule has 2 aliphatic carbocycles. The first-order chi connectivity index (χ1) is 20.8. The number of carbonyl (C=O) groups is 4. The predicted octanol–water partition coefficient (Wildman–Crippen LogP) is 4.23. The summed E-state index contributed by atoms with van der Waals surface area (Å²) >= 11 is 17.6. The molecule has 0 radical (unpaired) electrons. The molecule has 44 heavy (non-hydrogen) atoms. The van der Waals surface area contributed by atoms with Crippen molar-refractivity contribution in [1.82, 2.24) is 4.90 Å². The number of anilines is 1. The molecule has 4 amide bonds. The minimum Gasteiger partial charge on any atom is -0.507 e. The lowest BCUT2D eigenvalue weighted by molar-refractivity contribution is -0.384. The number of nitro benzene ring substituents is 1. The number of allylic oxidation sites excluding steroid dienone is 2. The standard InChI is InChI=1S/C29H24BrCl2N3O9/c1-43-15-9-19(36)22(20(10-15)44-2)23-16-6-7-17-21(18(16)11-28(31)26(39)33(12-30)27(40)29(23,28)32)25(38)34(24(17)37)13-4-3-5-14(8-13)35(41)42/h3-6,8-10,17-18,21,23,36H,7,11-12H2,1-2H3. The number of likely N-dealkylation sites (tertiary alicyclic amines) is 1. The number of amides is 4. The van der Waals surface area contributed by atoms with Crippen LogP contribution in [0.15, 0.2) is 48.0 Å². The normalized spacial score (nSPS) is 31.0. The van der Waals surface area contributed by atoms with Crippen LogP contribution in [-0.4, -0.2) is 68.0 Å². The van der Waals surface area contributed by atoms with Crippen LogP contribution in [0.25, 0.3) is 0 Å². The lowest BCUT2D eigenvalue weighted by Gasteiger charge is -2.51. The van der Waals surface area contributed by atoms with Crippen LogP contribution in [0.5, 0.6) is 17.2 Å². The van der Waals surface area contributed by atoms with E-state index in [2.05, 4.69) is 15.9 Å². The number of nitro groups is 1. The fourth-order valence-corrected chi connectivity index (χ4v) is 8.64. The van der Waals surface area contributed by atoms with Crippen LogP contribution in [0.3, 0.4) is 0 Å². The van der Waals surface area contributed by atoms with Gasteiger partial charge in [0, 0.05) is 35.7 Å². The van der Waals surface area contributed by atoms with Crippen molar-refractivity contribution in [3.8, 4) is 17.2 Å². The van der Waals surface area contributed by atoms with Gasteiger partial charge in [-0.05, 0) is 24.8 Å². The number of ether oxygens (including phenoxy) is 2. The number of methoxy groups -OCH3 is 2. The highest BCUT2D eigenvalue weighted by Gasteiger charge is 2.76. The van der Waals surface area contributed by atoms with E-state index in [9.17, 15) is 34.4 Å². The number of hydrogen-bond donors (Lipinski definition) is 1. The van der Waals surface area contributed by atoms with Crippen LogP contribution in [0.2, 0.25) is 0 Å². The van der Waals surface area contributed by atoms with E-state index in [1.807, 2.05) is 0 Å². The van der Waals surface area contributed by atoms with Gasteiger partial charge in [0.2, 0.25) is 11.8 Å². The molecule has 2 saturated heterocycles. The summed E-state index contributed by atoms with van der Waals surface area (Å²) in [6.07, 6.45) is 1.50. The topological polar surface area (TPSA) is 157 Å². The number of benzene rings is 2. The minimum atomic E-state index is -2.15. The second kappa shape index (κ2) is 10.5. The van der Waals surface area contributed by atoms with Crippen molar-refractivity contribution in [3.05, 3.63) is 63.7 Å². The molecule has 230 valence electrons. The Kier molecular flexibility index (Phi) is 7.21. The Hall–Kier alpha value is -3.68. The Labute approximate surface area is 268 Å². The number of carbonyl (C=O) groups excluding carboxylic acids is 4. The van der Waals surface area contributed by atoms with E-state index in [1.54, 1.807) is 6.08 Å². The smallest absolute Gasteiger partial charge is 0.271 e. The number of phenols is 1. The number of non-ortho nitro benzene ring substituents is 1. The van der Waals surface area contributed by atoms with Gasteiger partial charge < -0.3 is 14.6 Å². The van der Waals surface area contributed by atoms with Crippen molar-refractivity contribution in [1.29, 1.82) is 0 Å². The van der Waals surface area contributed by atoms with Gasteiger partial charge >= 0.3 is 0 Å². The molecular weight excluding hydrogens is 685 g/mol. The second-order valence-corrected chi connectivity index (χ2v) is 12.8. The van der Waals surface area contributed by atoms with Crippen LogP contribution in [-0.2, 0) is 19.2 Å². The Morgan fingerprint density at radius 2 is 1.80 bits per heavy atom. The largest absolute Gasteiger partial charge is 0.507 e. The molecule has 15 heteroatoms. The summed E-state index contributed by atoms with van der Waals surface area (Å²) in [5.74, 6) is -6.82. The SMILES string of the molecule is COc1cc(O)c(C2C3=CCC4C(=O)N(c5cccc([N+](=O)[O-])c5)C(=O)C4C3CC3(Cl)C(=O)N(CBr)C(=O)C23Cl)c(OC)c1. The Balaban J connectivity index is 1.55. The maximum Gasteiger partial charge on any atom is 0.271 e. The van der Waals surface area contributed by atoms with E-state index >= 15 is 0 Å². The molecule has 0 spiro atoms. The van der Waals surface area contributed by atoms with Crippen LogP contribution >= 0.6 is 39.1 Å². The molecule has 2 aromatic carbocycles. The van der Waals surface area contributed by atoms with Gasteiger partial charge in [-0.1, -0.05) is 33.6 Å². The van der Waals surface area contributed by atoms with E-state index in [1.165, 1.54) is 44.6 Å². The molecule has 0 aromatic heterocycles. The third-order valence-electron chi connectivity index (χ3n) is 9.15. The van der Waals surface area contributed by atoms with Gasteiger partial charge in [0.05, 0.1) is 42.1 Å². The molecule has 1 saturated carbocycles. The second-order valence-electron chi connectivity index (χ2n) is 11.0. The number of rotatable bonds is 6. The zero-order valence-electron chi connectivity index (χ0n) is 23.2. The van der Waals surface area contributed by atoms with E-state index in [-0.39, 0.29) is 52.5 Å². The summed E-state index contributed by atoms with van der Waals surface area (Å²) in [6, 6.07) is 7.99. The third kappa shape index (κ3) is 3.88. The fraction of sp³-hybridized carbons (Fsp3) is 0.379. The first-order valence-corrected chi connectivity index (χ1v) is 15.3. The molecule has 12 nitrogen and oxygen atoms in total. The molecule has 3 fully saturated rings.